The molecule has 0 fully saturated rings. The second-order valence-electron chi connectivity index (χ2n) is 3.55. The molecule has 0 radical (unpaired) electrons. The van der Waals surface area contributed by atoms with Crippen molar-refractivity contribution in [2.24, 2.45) is 0 Å². The molecule has 0 aliphatic carbocycles. The van der Waals surface area contributed by atoms with Gasteiger partial charge in [0.25, 0.3) is 5.85 Å². The molecule has 0 aromatic carbocycles. The predicted molar refractivity (Wildman–Crippen MR) is 58.4 cm³/mol. The monoisotopic (exact) mass is 266 g/mol. The molecule has 16 heavy (non-hydrogen) atoms. The standard InChI is InChI=1S/C10H22N2O3.Ti/c1-7-14-9(13)10(11(3)4,12(5)6)15-8-2;/h7-8H2,1-6H3;. The number of ether oxygens (including phenoxy) is 2. The van der Waals surface area contributed by atoms with Crippen molar-refractivity contribution in [3.8, 4) is 0 Å². The third kappa shape index (κ3) is 3.82. The van der Waals surface area contributed by atoms with E-state index in [4.69, 9.17) is 9.47 Å². The van der Waals surface area contributed by atoms with E-state index >= 15 is 0 Å². The molecule has 6 heteroatoms. The van der Waals surface area contributed by atoms with E-state index in [0.717, 1.165) is 0 Å². The van der Waals surface area contributed by atoms with Gasteiger partial charge in [0.1, 0.15) is 0 Å². The molecule has 0 rings (SSSR count). The molecule has 5 nitrogen and oxygen atoms in total. The molecule has 94 valence electrons. The van der Waals surface area contributed by atoms with E-state index in [9.17, 15) is 4.79 Å². The third-order valence-corrected chi connectivity index (χ3v) is 2.10. The largest absolute Gasteiger partial charge is 0.462 e. The van der Waals surface area contributed by atoms with Crippen LogP contribution in [0.25, 0.3) is 0 Å². The molecule has 0 aromatic heterocycles. The van der Waals surface area contributed by atoms with Gasteiger partial charge in [-0.1, -0.05) is 0 Å². The molecule has 0 aliphatic rings. The number of carbonyl (C=O) groups excluding carboxylic acids is 1. The first-order valence-electron chi connectivity index (χ1n) is 5.09. The summed E-state index contributed by atoms with van der Waals surface area (Å²) in [7, 11) is 7.14. The molecular formula is C10H22N2O3Ti. The minimum atomic E-state index is -1.13. The van der Waals surface area contributed by atoms with Crippen LogP contribution in [0.1, 0.15) is 13.8 Å². The zero-order valence-electron chi connectivity index (χ0n) is 11.0. The first-order chi connectivity index (χ1) is 6.93. The minimum absolute atomic E-state index is 0. The zero-order valence-corrected chi connectivity index (χ0v) is 12.6. The van der Waals surface area contributed by atoms with Gasteiger partial charge in [-0.25, -0.2) is 4.79 Å². The molecule has 0 N–H and O–H groups in total. The summed E-state index contributed by atoms with van der Waals surface area (Å²) in [4.78, 5) is 15.3. The Morgan fingerprint density at radius 2 is 1.50 bits per heavy atom. The maximum absolute atomic E-state index is 11.9. The van der Waals surface area contributed by atoms with Gasteiger partial charge in [0.05, 0.1) is 6.61 Å². The van der Waals surface area contributed by atoms with Crippen LogP contribution in [0.5, 0.6) is 0 Å². The average Bonchev–Trinajstić information content (AvgIpc) is 2.13. The van der Waals surface area contributed by atoms with Crippen LogP contribution in [-0.4, -0.2) is 63.0 Å². The summed E-state index contributed by atoms with van der Waals surface area (Å²) in [6, 6.07) is 0. The summed E-state index contributed by atoms with van der Waals surface area (Å²) in [6.07, 6.45) is 0. The topological polar surface area (TPSA) is 42.0 Å². The molecule has 0 bridgehead atoms. The number of rotatable bonds is 6. The fourth-order valence-corrected chi connectivity index (χ4v) is 1.51. The van der Waals surface area contributed by atoms with Gasteiger partial charge in [0.15, 0.2) is 0 Å². The maximum atomic E-state index is 11.9. The summed E-state index contributed by atoms with van der Waals surface area (Å²) in [5.41, 5.74) is 0. The van der Waals surface area contributed by atoms with Crippen molar-refractivity contribution in [3.05, 3.63) is 0 Å². The van der Waals surface area contributed by atoms with Crippen LogP contribution < -0.4 is 0 Å². The quantitative estimate of drug-likeness (QED) is 0.394. The summed E-state index contributed by atoms with van der Waals surface area (Å²) in [5, 5.41) is 0. The third-order valence-electron chi connectivity index (χ3n) is 2.10. The Balaban J connectivity index is 0. The number of carbonyl (C=O) groups is 1. The molecule has 0 spiro atoms. The first-order valence-corrected chi connectivity index (χ1v) is 5.09. The van der Waals surface area contributed by atoms with Crippen molar-refractivity contribution in [2.75, 3.05) is 41.4 Å². The van der Waals surface area contributed by atoms with E-state index in [2.05, 4.69) is 0 Å². The van der Waals surface area contributed by atoms with Crippen LogP contribution >= 0.6 is 0 Å². The first kappa shape index (κ1) is 18.4. The summed E-state index contributed by atoms with van der Waals surface area (Å²) >= 11 is 0. The Kier molecular flexibility index (Phi) is 9.44. The SMILES string of the molecule is CCOC(=O)C(OCC)(N(C)C)N(C)C.[Ti]. The number of likely N-dealkylation sites (N-methyl/N-ethyl adjacent to an activating group) is 2. The van der Waals surface area contributed by atoms with Crippen molar-refractivity contribution >= 4 is 5.97 Å². The van der Waals surface area contributed by atoms with Gasteiger partial charge in [-0.15, -0.1) is 0 Å². The van der Waals surface area contributed by atoms with Crippen LogP contribution in [0.3, 0.4) is 0 Å². The maximum Gasteiger partial charge on any atom is 0.370 e. The van der Waals surface area contributed by atoms with Crippen molar-refractivity contribution in [3.63, 3.8) is 0 Å². The number of hydrogen-bond donors (Lipinski definition) is 0. The summed E-state index contributed by atoms with van der Waals surface area (Å²) in [6.45, 7) is 4.41. The fourth-order valence-electron chi connectivity index (χ4n) is 1.51. The van der Waals surface area contributed by atoms with Gasteiger partial charge >= 0.3 is 5.97 Å². The van der Waals surface area contributed by atoms with E-state index in [1.807, 2.05) is 6.92 Å². The van der Waals surface area contributed by atoms with Crippen molar-refractivity contribution in [1.29, 1.82) is 0 Å². The second kappa shape index (κ2) is 8.20. The Morgan fingerprint density at radius 3 is 1.75 bits per heavy atom. The zero-order chi connectivity index (χ0) is 12.1. The Hall–Kier alpha value is 0.0643. The molecule has 0 aromatic rings. The number of esters is 1. The van der Waals surface area contributed by atoms with Gasteiger partial charge in [0, 0.05) is 28.3 Å². The van der Waals surface area contributed by atoms with Crippen LogP contribution in [-0.2, 0) is 36.0 Å². The van der Waals surface area contributed by atoms with Crippen molar-refractivity contribution in [2.45, 2.75) is 19.7 Å². The van der Waals surface area contributed by atoms with Crippen LogP contribution in [0.2, 0.25) is 0 Å². The van der Waals surface area contributed by atoms with Gasteiger partial charge in [0.2, 0.25) is 0 Å². The summed E-state index contributed by atoms with van der Waals surface area (Å²) in [5.74, 6) is -1.52. The van der Waals surface area contributed by atoms with Crippen molar-refractivity contribution in [1.82, 2.24) is 9.80 Å². The van der Waals surface area contributed by atoms with Crippen molar-refractivity contribution < 1.29 is 36.0 Å². The smallest absolute Gasteiger partial charge is 0.370 e. The number of nitrogens with zero attached hydrogens (tertiary/aromatic N) is 2. The van der Waals surface area contributed by atoms with Gasteiger partial charge in [-0.3, -0.25) is 9.80 Å². The Labute approximate surface area is 113 Å². The molecule has 0 aliphatic heterocycles. The molecule has 0 saturated carbocycles. The summed E-state index contributed by atoms with van der Waals surface area (Å²) < 4.78 is 10.6. The van der Waals surface area contributed by atoms with Gasteiger partial charge in [-0.05, 0) is 42.0 Å². The van der Waals surface area contributed by atoms with Crippen LogP contribution in [0.4, 0.5) is 0 Å². The molecular weight excluding hydrogens is 244 g/mol. The van der Waals surface area contributed by atoms with Crippen LogP contribution in [0, 0.1) is 0 Å². The molecule has 0 atom stereocenters. The van der Waals surface area contributed by atoms with E-state index < -0.39 is 5.85 Å². The molecule has 0 saturated heterocycles. The minimum Gasteiger partial charge on any atom is -0.462 e. The normalized spacial score (nSPS) is 11.5. The Bertz CT molecular complexity index is 202. The number of hydrogen-bond acceptors (Lipinski definition) is 5. The average molecular weight is 266 g/mol. The van der Waals surface area contributed by atoms with E-state index in [1.165, 1.54) is 0 Å². The molecule has 0 unspecified atom stereocenters. The van der Waals surface area contributed by atoms with Crippen LogP contribution in [0.15, 0.2) is 0 Å². The van der Waals surface area contributed by atoms with Gasteiger partial charge in [-0.2, -0.15) is 0 Å². The second-order valence-corrected chi connectivity index (χ2v) is 3.55. The fraction of sp³-hybridized carbons (Fsp3) is 0.900. The molecule has 0 heterocycles. The molecule has 0 amide bonds. The van der Waals surface area contributed by atoms with E-state index in [0.29, 0.717) is 13.2 Å². The Morgan fingerprint density at radius 1 is 1.06 bits per heavy atom. The van der Waals surface area contributed by atoms with E-state index in [1.54, 1.807) is 44.9 Å². The predicted octanol–water partition coefficient (Wildman–Crippen LogP) is 0.361. The van der Waals surface area contributed by atoms with Gasteiger partial charge < -0.3 is 9.47 Å². The van der Waals surface area contributed by atoms with E-state index in [-0.39, 0.29) is 27.7 Å².